The fourth-order valence-electron chi connectivity index (χ4n) is 6.05. The number of aromatic nitrogens is 4. The van der Waals surface area contributed by atoms with E-state index in [1.54, 1.807) is 0 Å². The van der Waals surface area contributed by atoms with Crippen molar-refractivity contribution in [1.29, 1.82) is 0 Å². The van der Waals surface area contributed by atoms with E-state index in [4.69, 9.17) is 20.0 Å². The van der Waals surface area contributed by atoms with Gasteiger partial charge in [0, 0.05) is 49.8 Å². The van der Waals surface area contributed by atoms with Crippen molar-refractivity contribution in [3.8, 4) is 0 Å². The molecule has 0 atom stereocenters. The molecule has 6 heteroatoms. The maximum Gasteiger partial charge on any atom is 0.138 e. The normalized spacial score (nSPS) is 16.2. The summed E-state index contributed by atoms with van der Waals surface area (Å²) in [6.45, 7) is 3.90. The standard InChI is InChI=1S/C32H40N6/c1(3-11-21-33-31-25-15-5-7-17-27(25)35-29-19-9-13-23-37(29)31)2-4-12-22-34-32-26-16-6-8-18-28(26)36-30-20-10-14-24-38(30)32/h5-8,15-18H,1-4,9-14,19-24H2. The second-order valence-electron chi connectivity index (χ2n) is 10.8. The number of unbranched alkanes of at least 4 members (excludes halogenated alkanes) is 5. The number of nitrogens with zero attached hydrogens (tertiary/aromatic N) is 6. The van der Waals surface area contributed by atoms with Crippen molar-refractivity contribution in [3.63, 3.8) is 0 Å². The summed E-state index contributed by atoms with van der Waals surface area (Å²) in [4.78, 5) is 20.0. The number of para-hydroxylation sites is 2. The van der Waals surface area contributed by atoms with E-state index < -0.39 is 0 Å². The topological polar surface area (TPSA) is 60.4 Å². The highest BCUT2D eigenvalue weighted by Gasteiger charge is 2.14. The quantitative estimate of drug-likeness (QED) is 0.264. The van der Waals surface area contributed by atoms with Crippen LogP contribution in [0.1, 0.15) is 75.9 Å². The van der Waals surface area contributed by atoms with Gasteiger partial charge in [-0.15, -0.1) is 0 Å². The molecule has 198 valence electrons. The summed E-state index contributed by atoms with van der Waals surface area (Å²) in [6.07, 6.45) is 14.4. The van der Waals surface area contributed by atoms with Gasteiger partial charge in [-0.2, -0.15) is 0 Å². The van der Waals surface area contributed by atoms with Gasteiger partial charge in [-0.05, 0) is 62.8 Å². The molecule has 38 heavy (non-hydrogen) atoms. The summed E-state index contributed by atoms with van der Waals surface area (Å²) < 4.78 is 4.74. The van der Waals surface area contributed by atoms with Gasteiger partial charge in [-0.25, -0.2) is 9.97 Å². The molecule has 2 aromatic heterocycles. The van der Waals surface area contributed by atoms with Crippen LogP contribution < -0.4 is 11.0 Å². The van der Waals surface area contributed by atoms with Gasteiger partial charge in [-0.1, -0.05) is 49.9 Å². The van der Waals surface area contributed by atoms with Crippen LogP contribution in [0.5, 0.6) is 0 Å². The number of benzene rings is 2. The van der Waals surface area contributed by atoms with Crippen molar-refractivity contribution in [2.24, 2.45) is 9.98 Å². The van der Waals surface area contributed by atoms with Crippen LogP contribution in [0.3, 0.4) is 0 Å². The lowest BCUT2D eigenvalue weighted by Gasteiger charge is -2.19. The maximum atomic E-state index is 5.09. The number of rotatable bonds is 9. The molecule has 0 saturated heterocycles. The number of hydrogen-bond donors (Lipinski definition) is 0. The molecule has 0 unspecified atom stereocenters. The second-order valence-corrected chi connectivity index (χ2v) is 10.8. The molecule has 6 nitrogen and oxygen atoms in total. The molecule has 6 rings (SSSR count). The predicted molar refractivity (Wildman–Crippen MR) is 154 cm³/mol. The first-order valence-corrected chi connectivity index (χ1v) is 14.9. The Morgan fingerprint density at radius 2 is 1.00 bits per heavy atom. The van der Waals surface area contributed by atoms with Crippen molar-refractivity contribution in [2.45, 2.75) is 90.1 Å². The van der Waals surface area contributed by atoms with E-state index >= 15 is 0 Å². The Bertz CT molecular complexity index is 1430. The lowest BCUT2D eigenvalue weighted by molar-refractivity contribution is 0.492. The Labute approximate surface area is 225 Å². The zero-order valence-corrected chi connectivity index (χ0v) is 22.6. The monoisotopic (exact) mass is 508 g/mol. The Morgan fingerprint density at radius 1 is 0.553 bits per heavy atom. The van der Waals surface area contributed by atoms with Crippen LogP contribution in [0.15, 0.2) is 58.5 Å². The van der Waals surface area contributed by atoms with Gasteiger partial charge in [0.1, 0.15) is 22.6 Å². The van der Waals surface area contributed by atoms with Gasteiger partial charge in [-0.3, -0.25) is 9.98 Å². The fourth-order valence-corrected chi connectivity index (χ4v) is 6.05. The van der Waals surface area contributed by atoms with E-state index in [2.05, 4.69) is 57.7 Å². The minimum absolute atomic E-state index is 0.903. The third-order valence-corrected chi connectivity index (χ3v) is 8.08. The number of aryl methyl sites for hydroxylation is 2. The summed E-state index contributed by atoms with van der Waals surface area (Å²) in [7, 11) is 0. The van der Waals surface area contributed by atoms with Gasteiger partial charge >= 0.3 is 0 Å². The molecule has 0 saturated carbocycles. The molecule has 4 aromatic rings. The van der Waals surface area contributed by atoms with Gasteiger partial charge < -0.3 is 9.13 Å². The van der Waals surface area contributed by atoms with Crippen molar-refractivity contribution in [2.75, 3.05) is 13.1 Å². The summed E-state index contributed by atoms with van der Waals surface area (Å²) >= 11 is 0. The molecule has 0 amide bonds. The van der Waals surface area contributed by atoms with Crippen LogP contribution >= 0.6 is 0 Å². The van der Waals surface area contributed by atoms with Gasteiger partial charge in [0.25, 0.3) is 0 Å². The van der Waals surface area contributed by atoms with Crippen LogP contribution in [0.25, 0.3) is 21.8 Å². The van der Waals surface area contributed by atoms with Gasteiger partial charge in [0.05, 0.1) is 11.0 Å². The first-order valence-electron chi connectivity index (χ1n) is 14.9. The SMILES string of the molecule is c1ccc2c(=NCCCCCCCCN=c3c4ccccc4nc4n3CCCC4)n3c(nc2c1)CCCC3. The van der Waals surface area contributed by atoms with Crippen LogP contribution in [0.2, 0.25) is 0 Å². The van der Waals surface area contributed by atoms with Crippen LogP contribution in [0.4, 0.5) is 0 Å². The summed E-state index contributed by atoms with van der Waals surface area (Å²) in [6, 6.07) is 17.0. The molecule has 2 aromatic carbocycles. The molecule has 0 fully saturated rings. The van der Waals surface area contributed by atoms with E-state index in [1.807, 2.05) is 0 Å². The molecular weight excluding hydrogens is 468 g/mol. The minimum Gasteiger partial charge on any atom is -0.314 e. The van der Waals surface area contributed by atoms with Crippen molar-refractivity contribution in [3.05, 3.63) is 71.2 Å². The highest BCUT2D eigenvalue weighted by Crippen LogP contribution is 2.16. The summed E-state index contributed by atoms with van der Waals surface area (Å²) in [5, 5.41) is 2.40. The minimum atomic E-state index is 0.903. The van der Waals surface area contributed by atoms with Crippen LogP contribution in [-0.4, -0.2) is 32.2 Å². The van der Waals surface area contributed by atoms with Crippen LogP contribution in [0, 0.1) is 0 Å². The summed E-state index contributed by atoms with van der Waals surface area (Å²) in [5.74, 6) is 2.41. The maximum absolute atomic E-state index is 5.09. The third-order valence-electron chi connectivity index (χ3n) is 8.08. The second kappa shape index (κ2) is 12.1. The third kappa shape index (κ3) is 5.45. The fraction of sp³-hybridized carbons (Fsp3) is 0.500. The first kappa shape index (κ1) is 25.0. The summed E-state index contributed by atoms with van der Waals surface area (Å²) in [5.41, 5.74) is 4.47. The Kier molecular flexibility index (Phi) is 7.94. The van der Waals surface area contributed by atoms with Crippen molar-refractivity contribution in [1.82, 2.24) is 19.1 Å². The van der Waals surface area contributed by atoms with Gasteiger partial charge in [0.15, 0.2) is 0 Å². The van der Waals surface area contributed by atoms with Crippen molar-refractivity contribution < 1.29 is 0 Å². The Balaban J connectivity index is 1.01. The highest BCUT2D eigenvalue weighted by atomic mass is 15.1. The molecular formula is C32H40N6. The lowest BCUT2D eigenvalue weighted by Crippen LogP contribution is -2.29. The molecule has 2 aliphatic rings. The Hall–Kier alpha value is -3.28. The van der Waals surface area contributed by atoms with Crippen LogP contribution in [-0.2, 0) is 25.9 Å². The molecule has 0 bridgehead atoms. The number of fused-ring (bicyclic) bond motifs is 4. The smallest absolute Gasteiger partial charge is 0.138 e. The van der Waals surface area contributed by atoms with E-state index in [0.29, 0.717) is 0 Å². The predicted octanol–water partition coefficient (Wildman–Crippen LogP) is 5.90. The molecule has 0 N–H and O–H groups in total. The average Bonchev–Trinajstić information content (AvgIpc) is 2.97. The van der Waals surface area contributed by atoms with E-state index in [1.165, 1.54) is 73.8 Å². The first-order chi connectivity index (χ1) is 18.9. The number of hydrogen-bond acceptors (Lipinski definition) is 4. The molecule has 2 aliphatic heterocycles. The van der Waals surface area contributed by atoms with E-state index in [9.17, 15) is 0 Å². The molecule has 0 radical (unpaired) electrons. The van der Waals surface area contributed by atoms with E-state index in [0.717, 1.165) is 73.9 Å². The van der Waals surface area contributed by atoms with E-state index in [-0.39, 0.29) is 0 Å². The Morgan fingerprint density at radius 3 is 1.50 bits per heavy atom. The molecule has 0 aliphatic carbocycles. The zero-order chi connectivity index (χ0) is 25.6. The average molecular weight is 509 g/mol. The lowest BCUT2D eigenvalue weighted by atomic mass is 10.1. The largest absolute Gasteiger partial charge is 0.314 e. The van der Waals surface area contributed by atoms with Gasteiger partial charge in [0.2, 0.25) is 0 Å². The molecule has 4 heterocycles. The molecule has 0 spiro atoms. The highest BCUT2D eigenvalue weighted by molar-refractivity contribution is 5.77. The zero-order valence-electron chi connectivity index (χ0n) is 22.6. The van der Waals surface area contributed by atoms with Crippen molar-refractivity contribution >= 4 is 21.8 Å².